The van der Waals surface area contributed by atoms with Gasteiger partial charge in [0, 0.05) is 45.2 Å². The Bertz CT molecular complexity index is 1860. The molecule has 44 heavy (non-hydrogen) atoms. The van der Waals surface area contributed by atoms with E-state index in [1.807, 2.05) is 97.1 Å². The third-order valence-corrected chi connectivity index (χ3v) is 9.72. The van der Waals surface area contributed by atoms with E-state index in [4.69, 9.17) is 4.74 Å². The van der Waals surface area contributed by atoms with Gasteiger partial charge in [0.1, 0.15) is 11.0 Å². The molecule has 0 saturated heterocycles. The highest BCUT2D eigenvalue weighted by molar-refractivity contribution is 8.00. The summed E-state index contributed by atoms with van der Waals surface area (Å²) in [5.41, 5.74) is 5.96. The molecule has 1 aliphatic heterocycles. The van der Waals surface area contributed by atoms with Gasteiger partial charge in [0.2, 0.25) is 0 Å². The molecule has 2 aliphatic carbocycles. The van der Waals surface area contributed by atoms with Gasteiger partial charge in [-0.25, -0.2) is 0 Å². The van der Waals surface area contributed by atoms with E-state index in [-0.39, 0.29) is 23.0 Å². The lowest BCUT2D eigenvalue weighted by Gasteiger charge is -2.39. The monoisotopic (exact) mass is 597 g/mol. The number of fused-ring (bicyclic) bond motifs is 2. The van der Waals surface area contributed by atoms with Gasteiger partial charge in [-0.15, -0.1) is 11.8 Å². The Morgan fingerprint density at radius 1 is 0.795 bits per heavy atom. The van der Waals surface area contributed by atoms with Gasteiger partial charge in [-0.05, 0) is 47.2 Å². The van der Waals surface area contributed by atoms with E-state index in [1.165, 1.54) is 11.8 Å². The van der Waals surface area contributed by atoms with Crippen molar-refractivity contribution in [1.82, 2.24) is 5.32 Å². The minimum absolute atomic E-state index is 0.0585. The fourth-order valence-corrected chi connectivity index (χ4v) is 7.56. The predicted octanol–water partition coefficient (Wildman–Crippen LogP) is 8.06. The molecule has 1 N–H and O–H groups in total. The van der Waals surface area contributed by atoms with E-state index in [0.29, 0.717) is 35.3 Å². The van der Waals surface area contributed by atoms with Crippen molar-refractivity contribution in [2.45, 2.75) is 42.8 Å². The van der Waals surface area contributed by atoms with Gasteiger partial charge in [0.25, 0.3) is 0 Å². The summed E-state index contributed by atoms with van der Waals surface area (Å²) in [5.74, 6) is -0.469. The zero-order chi connectivity index (χ0) is 30.4. The van der Waals surface area contributed by atoms with Crippen molar-refractivity contribution >= 4 is 35.0 Å². The lowest BCUT2D eigenvalue weighted by Crippen LogP contribution is -2.37. The van der Waals surface area contributed by atoms with Gasteiger partial charge in [-0.2, -0.15) is 0 Å². The van der Waals surface area contributed by atoms with Gasteiger partial charge in [0.05, 0.1) is 5.70 Å². The molecule has 5 nitrogen and oxygen atoms in total. The van der Waals surface area contributed by atoms with Crippen LogP contribution < -0.4 is 10.1 Å². The maximum atomic E-state index is 13.8. The predicted molar refractivity (Wildman–Crippen MR) is 172 cm³/mol. The molecule has 0 bridgehead atoms. The molecule has 2 atom stereocenters. The van der Waals surface area contributed by atoms with E-state index in [0.717, 1.165) is 33.0 Å². The maximum Gasteiger partial charge on any atom is 0.329 e. The number of ether oxygens (including phenoxy) is 1. The highest BCUT2D eigenvalue weighted by Gasteiger charge is 2.46. The zero-order valence-electron chi connectivity index (χ0n) is 24.5. The maximum absolute atomic E-state index is 13.8. The first-order chi connectivity index (χ1) is 21.3. The second-order valence-corrected chi connectivity index (χ2v) is 13.4. The second-order valence-electron chi connectivity index (χ2n) is 12.3. The van der Waals surface area contributed by atoms with E-state index in [1.54, 1.807) is 12.1 Å². The summed E-state index contributed by atoms with van der Waals surface area (Å²) < 4.78 is 5.93. The van der Waals surface area contributed by atoms with Crippen molar-refractivity contribution in [3.05, 3.63) is 148 Å². The first-order valence-electron chi connectivity index (χ1n) is 14.8. The van der Waals surface area contributed by atoms with Crippen molar-refractivity contribution in [1.29, 1.82) is 0 Å². The highest BCUT2D eigenvalue weighted by Crippen LogP contribution is 2.51. The zero-order valence-corrected chi connectivity index (χ0v) is 25.3. The third-order valence-electron chi connectivity index (χ3n) is 8.47. The van der Waals surface area contributed by atoms with Crippen LogP contribution in [0.5, 0.6) is 5.75 Å². The lowest BCUT2D eigenvalue weighted by molar-refractivity contribution is -0.133. The number of carbonyl (C=O) groups is 3. The van der Waals surface area contributed by atoms with E-state index in [2.05, 4.69) is 19.2 Å². The van der Waals surface area contributed by atoms with E-state index >= 15 is 0 Å². The van der Waals surface area contributed by atoms with Crippen LogP contribution in [-0.2, 0) is 9.59 Å². The molecule has 0 aromatic heterocycles. The summed E-state index contributed by atoms with van der Waals surface area (Å²) in [5, 5.41) is 2.97. The van der Waals surface area contributed by atoms with Crippen molar-refractivity contribution in [2.24, 2.45) is 5.41 Å². The molecule has 6 heteroatoms. The van der Waals surface area contributed by atoms with E-state index < -0.39 is 11.2 Å². The van der Waals surface area contributed by atoms with Crippen LogP contribution in [0, 0.1) is 5.41 Å². The van der Waals surface area contributed by atoms with Gasteiger partial charge >= 0.3 is 5.97 Å². The Balaban J connectivity index is 1.21. The van der Waals surface area contributed by atoms with Crippen LogP contribution >= 0.6 is 11.8 Å². The Morgan fingerprint density at radius 3 is 2.14 bits per heavy atom. The van der Waals surface area contributed by atoms with Crippen LogP contribution in [0.1, 0.15) is 64.9 Å². The van der Waals surface area contributed by atoms with Crippen LogP contribution in [0.2, 0.25) is 0 Å². The van der Waals surface area contributed by atoms with Crippen molar-refractivity contribution in [3.8, 4) is 5.75 Å². The van der Waals surface area contributed by atoms with Gasteiger partial charge < -0.3 is 10.1 Å². The molecule has 0 unspecified atom stereocenters. The summed E-state index contributed by atoms with van der Waals surface area (Å²) in [6.07, 6.45) is 1.14. The van der Waals surface area contributed by atoms with Crippen molar-refractivity contribution in [2.75, 3.05) is 0 Å². The fourth-order valence-electron chi connectivity index (χ4n) is 6.54. The Labute approximate surface area is 261 Å². The lowest BCUT2D eigenvalue weighted by atomic mass is 9.68. The standard InChI is InChI=1S/C38H31NO4S/c1-38(2)21-29-32(30(40)22-38)31(33-34(39-29)27-15-9-10-16-28(27)35(33)41)23-17-19-25(20-18-23)43-37(42)36(24-11-5-3-6-12-24)44-26-13-7-4-8-14-26/h3-20,31,36,39H,21-22H2,1-2H3/t31-,36+/m0/s1. The number of ketones is 2. The normalized spacial score (nSPS) is 19.1. The third kappa shape index (κ3) is 5.09. The topological polar surface area (TPSA) is 72.5 Å². The number of allylic oxidation sites excluding steroid dienone is 3. The molecule has 3 aliphatic rings. The number of rotatable bonds is 6. The first kappa shape index (κ1) is 28.1. The van der Waals surface area contributed by atoms with Crippen molar-refractivity contribution in [3.63, 3.8) is 0 Å². The molecule has 0 saturated carbocycles. The van der Waals surface area contributed by atoms with Crippen LogP contribution in [0.4, 0.5) is 0 Å². The average Bonchev–Trinajstić information content (AvgIpc) is 3.31. The SMILES string of the molecule is CC1(C)CC(=O)C2=C(C1)NC1=C(C(=O)c3ccccc31)[C@H]2c1ccc(OC(=O)[C@H](Sc2ccccc2)c2ccccc2)cc1. The van der Waals surface area contributed by atoms with Gasteiger partial charge in [0.15, 0.2) is 11.6 Å². The second kappa shape index (κ2) is 11.1. The van der Waals surface area contributed by atoms with Gasteiger partial charge in [-0.1, -0.05) is 98.8 Å². The Kier molecular flexibility index (Phi) is 7.10. The molecular weight excluding hydrogens is 566 g/mol. The molecule has 4 aromatic rings. The number of benzene rings is 4. The van der Waals surface area contributed by atoms with E-state index in [9.17, 15) is 14.4 Å². The number of hydrogen-bond acceptors (Lipinski definition) is 6. The minimum atomic E-state index is -0.555. The van der Waals surface area contributed by atoms with Crippen molar-refractivity contribution < 1.29 is 19.1 Å². The number of dihydropyridines is 1. The van der Waals surface area contributed by atoms with Crippen LogP contribution in [-0.4, -0.2) is 17.5 Å². The quantitative estimate of drug-likeness (QED) is 0.138. The summed E-state index contributed by atoms with van der Waals surface area (Å²) >= 11 is 1.44. The van der Waals surface area contributed by atoms with Gasteiger partial charge in [-0.3, -0.25) is 14.4 Å². The average molecular weight is 598 g/mol. The van der Waals surface area contributed by atoms with Crippen LogP contribution in [0.3, 0.4) is 0 Å². The summed E-state index contributed by atoms with van der Waals surface area (Å²) in [6.45, 7) is 4.20. The Hall–Kier alpha value is -4.68. The largest absolute Gasteiger partial charge is 0.425 e. The molecular formula is C38H31NO4S. The Morgan fingerprint density at radius 2 is 1.43 bits per heavy atom. The summed E-state index contributed by atoms with van der Waals surface area (Å²) in [7, 11) is 0. The number of hydrogen-bond donors (Lipinski definition) is 1. The van der Waals surface area contributed by atoms with Crippen LogP contribution in [0.25, 0.3) is 5.70 Å². The number of nitrogens with one attached hydrogen (secondary N) is 1. The number of thioether (sulfide) groups is 1. The van der Waals surface area contributed by atoms with Crippen LogP contribution in [0.15, 0.2) is 131 Å². The first-order valence-corrected chi connectivity index (χ1v) is 15.7. The molecule has 0 amide bonds. The molecule has 0 fully saturated rings. The number of Topliss-reactive ketones (excluding diaryl/α,β-unsaturated/α-hetero) is 2. The summed E-state index contributed by atoms with van der Waals surface area (Å²) in [4.78, 5) is 42.0. The minimum Gasteiger partial charge on any atom is -0.425 e. The molecule has 0 radical (unpaired) electrons. The smallest absolute Gasteiger partial charge is 0.329 e. The molecule has 4 aromatic carbocycles. The number of esters is 1. The number of carbonyl (C=O) groups excluding carboxylic acids is 3. The molecule has 7 rings (SSSR count). The highest BCUT2D eigenvalue weighted by atomic mass is 32.2. The summed E-state index contributed by atoms with van der Waals surface area (Å²) in [6, 6.07) is 34.3. The molecule has 218 valence electrons. The fraction of sp³-hybridized carbons (Fsp3) is 0.184. The molecule has 0 spiro atoms. The molecule has 1 heterocycles.